The largest absolute Gasteiger partial charge is 0.346 e. The van der Waals surface area contributed by atoms with Crippen molar-refractivity contribution in [2.75, 3.05) is 0 Å². The number of carbonyl (C=O) groups excluding carboxylic acids is 1. The van der Waals surface area contributed by atoms with E-state index < -0.39 is 11.2 Å². The third kappa shape index (κ3) is 4.20. The van der Waals surface area contributed by atoms with Crippen LogP contribution >= 0.6 is 22.9 Å². The van der Waals surface area contributed by atoms with Gasteiger partial charge in [-0.1, -0.05) is 11.6 Å². The van der Waals surface area contributed by atoms with E-state index in [1.165, 1.54) is 28.2 Å². The van der Waals surface area contributed by atoms with Crippen molar-refractivity contribution in [3.63, 3.8) is 0 Å². The number of aromatic amines is 1. The molecule has 0 aliphatic heterocycles. The van der Waals surface area contributed by atoms with Crippen LogP contribution in [0.15, 0.2) is 70.8 Å². The SMILES string of the molecule is O=C(NCc1cn(-c2ccc(-n3ccc(=O)[nH]c3=O)cc2)cn1)c1ccc(Cl)s1. The minimum atomic E-state index is -0.502. The van der Waals surface area contributed by atoms with E-state index in [1.54, 1.807) is 30.6 Å². The predicted molar refractivity (Wildman–Crippen MR) is 110 cm³/mol. The monoisotopic (exact) mass is 427 g/mol. The van der Waals surface area contributed by atoms with Gasteiger partial charge in [0.05, 0.1) is 33.5 Å². The van der Waals surface area contributed by atoms with Gasteiger partial charge in [-0.15, -0.1) is 11.3 Å². The molecule has 1 aromatic carbocycles. The second kappa shape index (κ2) is 7.90. The molecule has 1 amide bonds. The molecule has 0 fully saturated rings. The van der Waals surface area contributed by atoms with Gasteiger partial charge in [0.25, 0.3) is 11.5 Å². The van der Waals surface area contributed by atoms with Gasteiger partial charge >= 0.3 is 5.69 Å². The van der Waals surface area contributed by atoms with E-state index in [-0.39, 0.29) is 12.5 Å². The van der Waals surface area contributed by atoms with E-state index in [0.717, 1.165) is 5.69 Å². The highest BCUT2D eigenvalue weighted by Crippen LogP contribution is 2.21. The highest BCUT2D eigenvalue weighted by Gasteiger charge is 2.09. The quantitative estimate of drug-likeness (QED) is 0.510. The van der Waals surface area contributed by atoms with Gasteiger partial charge in [-0.05, 0) is 36.4 Å². The molecule has 0 radical (unpaired) electrons. The fourth-order valence-electron chi connectivity index (χ4n) is 2.70. The number of imidazole rings is 1. The first-order chi connectivity index (χ1) is 14.0. The highest BCUT2D eigenvalue weighted by molar-refractivity contribution is 7.17. The Hall–Kier alpha value is -3.43. The Morgan fingerprint density at radius 2 is 1.86 bits per heavy atom. The number of H-pyrrole nitrogens is 1. The molecule has 8 nitrogen and oxygen atoms in total. The van der Waals surface area contributed by atoms with Gasteiger partial charge in [0.15, 0.2) is 0 Å². The number of hydrogen-bond acceptors (Lipinski definition) is 5. The normalized spacial score (nSPS) is 10.8. The average Bonchev–Trinajstić information content (AvgIpc) is 3.36. The van der Waals surface area contributed by atoms with Crippen LogP contribution in [0.25, 0.3) is 11.4 Å². The third-order valence-electron chi connectivity index (χ3n) is 4.11. The van der Waals surface area contributed by atoms with E-state index >= 15 is 0 Å². The maximum atomic E-state index is 12.1. The van der Waals surface area contributed by atoms with Crippen LogP contribution in [-0.4, -0.2) is 25.0 Å². The topological polar surface area (TPSA) is 102 Å². The highest BCUT2D eigenvalue weighted by atomic mass is 35.5. The number of thiophene rings is 1. The molecule has 4 rings (SSSR count). The summed E-state index contributed by atoms with van der Waals surface area (Å²) in [4.78, 5) is 42.2. The summed E-state index contributed by atoms with van der Waals surface area (Å²) >= 11 is 7.07. The number of halogens is 1. The number of carbonyl (C=O) groups is 1. The first-order valence-electron chi connectivity index (χ1n) is 8.49. The zero-order chi connectivity index (χ0) is 20.4. The molecule has 0 atom stereocenters. The molecular formula is C19H14ClN5O3S. The molecule has 0 aliphatic carbocycles. The molecule has 0 bridgehead atoms. The van der Waals surface area contributed by atoms with Crippen LogP contribution in [-0.2, 0) is 6.54 Å². The van der Waals surface area contributed by atoms with Crippen LogP contribution in [0.3, 0.4) is 0 Å². The van der Waals surface area contributed by atoms with Gasteiger partial charge < -0.3 is 9.88 Å². The third-order valence-corrected chi connectivity index (χ3v) is 5.34. The maximum absolute atomic E-state index is 12.1. The molecule has 29 heavy (non-hydrogen) atoms. The molecule has 3 aromatic heterocycles. The molecule has 0 saturated carbocycles. The summed E-state index contributed by atoms with van der Waals surface area (Å²) in [6.45, 7) is 0.284. The van der Waals surface area contributed by atoms with Crippen LogP contribution in [0.2, 0.25) is 4.34 Å². The first-order valence-corrected chi connectivity index (χ1v) is 9.68. The predicted octanol–water partition coefficient (Wildman–Crippen LogP) is 2.36. The second-order valence-electron chi connectivity index (χ2n) is 6.06. The van der Waals surface area contributed by atoms with Crippen LogP contribution in [0, 0.1) is 0 Å². The van der Waals surface area contributed by atoms with Gasteiger partial charge in [0, 0.05) is 24.1 Å². The summed E-state index contributed by atoms with van der Waals surface area (Å²) in [5, 5.41) is 2.80. The molecule has 10 heteroatoms. The smallest absolute Gasteiger partial charge is 0.332 e. The van der Waals surface area contributed by atoms with E-state index in [0.29, 0.717) is 20.6 Å². The van der Waals surface area contributed by atoms with Crippen molar-refractivity contribution in [3.8, 4) is 11.4 Å². The summed E-state index contributed by atoms with van der Waals surface area (Å²) in [7, 11) is 0. The summed E-state index contributed by atoms with van der Waals surface area (Å²) in [5.41, 5.74) is 1.21. The van der Waals surface area contributed by atoms with Crippen molar-refractivity contribution in [2.24, 2.45) is 0 Å². The molecule has 2 N–H and O–H groups in total. The molecule has 0 saturated heterocycles. The minimum Gasteiger partial charge on any atom is -0.346 e. The Kier molecular flexibility index (Phi) is 5.15. The second-order valence-corrected chi connectivity index (χ2v) is 7.77. The van der Waals surface area contributed by atoms with Crippen LogP contribution in [0.5, 0.6) is 0 Å². The molecule has 146 valence electrons. The molecular weight excluding hydrogens is 414 g/mol. The zero-order valence-corrected chi connectivity index (χ0v) is 16.4. The van der Waals surface area contributed by atoms with E-state index in [9.17, 15) is 14.4 Å². The van der Waals surface area contributed by atoms with Crippen LogP contribution in [0.1, 0.15) is 15.4 Å². The number of benzene rings is 1. The number of nitrogens with zero attached hydrogens (tertiary/aromatic N) is 3. The van der Waals surface area contributed by atoms with E-state index in [4.69, 9.17) is 11.6 Å². The summed E-state index contributed by atoms with van der Waals surface area (Å²) in [6.07, 6.45) is 4.88. The molecule has 0 aliphatic rings. The molecule has 3 heterocycles. The Morgan fingerprint density at radius 1 is 1.10 bits per heavy atom. The van der Waals surface area contributed by atoms with Crippen molar-refractivity contribution < 1.29 is 4.79 Å². The number of nitrogens with one attached hydrogen (secondary N) is 2. The zero-order valence-electron chi connectivity index (χ0n) is 14.8. The summed E-state index contributed by atoms with van der Waals surface area (Å²) in [6, 6.07) is 11.8. The fourth-order valence-corrected chi connectivity index (χ4v) is 3.66. The molecule has 0 spiro atoms. The Bertz CT molecular complexity index is 1290. The van der Waals surface area contributed by atoms with Crippen molar-refractivity contribution in [2.45, 2.75) is 6.54 Å². The average molecular weight is 428 g/mol. The van der Waals surface area contributed by atoms with E-state index in [2.05, 4.69) is 15.3 Å². The van der Waals surface area contributed by atoms with Crippen LogP contribution in [0.4, 0.5) is 0 Å². The van der Waals surface area contributed by atoms with Crippen molar-refractivity contribution in [1.82, 2.24) is 24.4 Å². The van der Waals surface area contributed by atoms with Gasteiger partial charge in [-0.3, -0.25) is 19.1 Å². The summed E-state index contributed by atoms with van der Waals surface area (Å²) < 4.78 is 3.71. The van der Waals surface area contributed by atoms with E-state index in [1.807, 2.05) is 22.9 Å². The van der Waals surface area contributed by atoms with Crippen molar-refractivity contribution in [3.05, 3.63) is 96.9 Å². The van der Waals surface area contributed by atoms with Gasteiger partial charge in [0.2, 0.25) is 0 Å². The van der Waals surface area contributed by atoms with Gasteiger partial charge in [-0.2, -0.15) is 0 Å². The number of hydrogen-bond donors (Lipinski definition) is 2. The lowest BCUT2D eigenvalue weighted by molar-refractivity contribution is 0.0954. The lowest BCUT2D eigenvalue weighted by atomic mass is 10.2. The number of amides is 1. The lowest BCUT2D eigenvalue weighted by Crippen LogP contribution is -2.27. The maximum Gasteiger partial charge on any atom is 0.332 e. The molecule has 0 unspecified atom stereocenters. The van der Waals surface area contributed by atoms with Gasteiger partial charge in [-0.25, -0.2) is 9.78 Å². The van der Waals surface area contributed by atoms with Gasteiger partial charge in [0.1, 0.15) is 0 Å². The number of aromatic nitrogens is 4. The molecule has 4 aromatic rings. The number of rotatable bonds is 5. The Labute approximate surface area is 173 Å². The Balaban J connectivity index is 1.46. The standard InChI is InChI=1S/C19H14ClN5O3S/c20-16-6-5-15(29-16)18(27)21-9-12-10-24(11-22-12)13-1-3-14(4-2-13)25-8-7-17(26)23-19(25)28/h1-8,10-11H,9H2,(H,21,27)(H,23,26,28). The van der Waals surface area contributed by atoms with Crippen molar-refractivity contribution >= 4 is 28.8 Å². The lowest BCUT2D eigenvalue weighted by Gasteiger charge is -2.06. The first kappa shape index (κ1) is 18.9. The Morgan fingerprint density at radius 3 is 2.55 bits per heavy atom. The summed E-state index contributed by atoms with van der Waals surface area (Å²) in [5.74, 6) is -0.202. The van der Waals surface area contributed by atoms with Crippen molar-refractivity contribution in [1.29, 1.82) is 0 Å². The minimum absolute atomic E-state index is 0.202. The fraction of sp³-hybridized carbons (Fsp3) is 0.0526. The van der Waals surface area contributed by atoms with Crippen LogP contribution < -0.4 is 16.6 Å².